The molecule has 5 aromatic rings. The lowest BCUT2D eigenvalue weighted by Gasteiger charge is -2.07. The van der Waals surface area contributed by atoms with E-state index in [4.69, 9.17) is 21.0 Å². The largest absolute Gasteiger partial charge is 0.493 e. The third-order valence-electron chi connectivity index (χ3n) is 4.47. The van der Waals surface area contributed by atoms with Gasteiger partial charge < -0.3 is 9.52 Å². The Morgan fingerprint density at radius 3 is 2.64 bits per heavy atom. The van der Waals surface area contributed by atoms with Gasteiger partial charge in [-0.15, -0.1) is 11.3 Å². The van der Waals surface area contributed by atoms with Gasteiger partial charge >= 0.3 is 0 Å². The van der Waals surface area contributed by atoms with Crippen LogP contribution in [0.1, 0.15) is 11.5 Å². The summed E-state index contributed by atoms with van der Waals surface area (Å²) in [5, 5.41) is 13.4. The molecule has 0 fully saturated rings. The standard InChI is InChI=1S/C21H14ClN3O2S/c22-15-8-10-28-19(15)18-20-24-16(11-14-7-4-9-27-14)21(26)25(20)12-17(23-18)13-5-2-1-3-6-13/h1-10,12,26H,11H2. The van der Waals surface area contributed by atoms with Gasteiger partial charge in [0.2, 0.25) is 5.88 Å². The Bertz CT molecular complexity index is 1260. The molecular formula is C21H14ClN3O2S. The van der Waals surface area contributed by atoms with Crippen LogP contribution in [0.15, 0.2) is 70.8 Å². The number of nitrogens with zero attached hydrogens (tertiary/aromatic N) is 3. The molecule has 0 saturated carbocycles. The number of rotatable bonds is 4. The molecule has 4 aromatic heterocycles. The van der Waals surface area contributed by atoms with Crippen molar-refractivity contribution in [2.75, 3.05) is 0 Å². The number of hydrogen-bond acceptors (Lipinski definition) is 5. The maximum atomic E-state index is 10.9. The summed E-state index contributed by atoms with van der Waals surface area (Å²) in [6.45, 7) is 0. The molecule has 5 nitrogen and oxygen atoms in total. The van der Waals surface area contributed by atoms with Gasteiger partial charge in [0.05, 0.1) is 28.3 Å². The van der Waals surface area contributed by atoms with Gasteiger partial charge in [0, 0.05) is 11.8 Å². The van der Waals surface area contributed by atoms with E-state index in [2.05, 4.69) is 4.98 Å². The molecule has 0 radical (unpaired) electrons. The molecule has 0 saturated heterocycles. The minimum Gasteiger partial charge on any atom is -0.493 e. The fourth-order valence-electron chi connectivity index (χ4n) is 3.14. The zero-order valence-electron chi connectivity index (χ0n) is 14.5. The van der Waals surface area contributed by atoms with Gasteiger partial charge in [-0.3, -0.25) is 4.40 Å². The SMILES string of the molecule is Oc1c(Cc2ccco2)nc2c(-c3sccc3Cl)nc(-c3ccccc3)cn12. The molecule has 0 unspecified atom stereocenters. The number of fused-ring (bicyclic) bond motifs is 1. The predicted octanol–water partition coefficient (Wildman–Crippen LogP) is 5.67. The summed E-state index contributed by atoms with van der Waals surface area (Å²) in [5.74, 6) is 0.797. The van der Waals surface area contributed by atoms with Crippen LogP contribution in [0.2, 0.25) is 5.02 Å². The van der Waals surface area contributed by atoms with E-state index in [0.717, 1.165) is 21.9 Å². The molecule has 0 aliphatic rings. The van der Waals surface area contributed by atoms with E-state index < -0.39 is 0 Å². The molecular weight excluding hydrogens is 394 g/mol. The van der Waals surface area contributed by atoms with Crippen LogP contribution >= 0.6 is 22.9 Å². The molecule has 1 aromatic carbocycles. The van der Waals surface area contributed by atoms with Crippen molar-refractivity contribution < 1.29 is 9.52 Å². The van der Waals surface area contributed by atoms with Crippen LogP contribution in [0.4, 0.5) is 0 Å². The van der Waals surface area contributed by atoms with E-state index in [1.807, 2.05) is 53.9 Å². The third-order valence-corrected chi connectivity index (χ3v) is 5.82. The highest BCUT2D eigenvalue weighted by Crippen LogP contribution is 2.37. The van der Waals surface area contributed by atoms with Gasteiger partial charge in [-0.1, -0.05) is 41.9 Å². The molecule has 0 atom stereocenters. The van der Waals surface area contributed by atoms with Crippen molar-refractivity contribution in [3.8, 4) is 27.7 Å². The Morgan fingerprint density at radius 2 is 1.93 bits per heavy atom. The fourth-order valence-corrected chi connectivity index (χ4v) is 4.27. The average Bonchev–Trinajstić information content (AvgIpc) is 3.45. The van der Waals surface area contributed by atoms with Crippen molar-refractivity contribution in [1.29, 1.82) is 0 Å². The summed E-state index contributed by atoms with van der Waals surface area (Å²) in [6, 6.07) is 15.3. The first kappa shape index (κ1) is 17.0. The van der Waals surface area contributed by atoms with Crippen LogP contribution in [0.25, 0.3) is 27.5 Å². The molecule has 0 aliphatic heterocycles. The highest BCUT2D eigenvalue weighted by atomic mass is 35.5. The van der Waals surface area contributed by atoms with Crippen LogP contribution in [0.3, 0.4) is 0 Å². The number of halogens is 1. The van der Waals surface area contributed by atoms with Gasteiger partial charge in [0.25, 0.3) is 0 Å². The Balaban J connectivity index is 1.76. The number of aromatic nitrogens is 3. The van der Waals surface area contributed by atoms with Crippen LogP contribution in [0.5, 0.6) is 5.88 Å². The molecule has 0 amide bonds. The monoisotopic (exact) mass is 407 g/mol. The second-order valence-electron chi connectivity index (χ2n) is 6.27. The maximum Gasteiger partial charge on any atom is 0.219 e. The number of imidazole rings is 1. The molecule has 0 bridgehead atoms. The van der Waals surface area contributed by atoms with Crippen molar-refractivity contribution in [3.63, 3.8) is 0 Å². The molecule has 0 aliphatic carbocycles. The van der Waals surface area contributed by atoms with Gasteiger partial charge in [-0.25, -0.2) is 9.97 Å². The normalized spacial score (nSPS) is 11.3. The second kappa shape index (κ2) is 6.82. The zero-order valence-corrected chi connectivity index (χ0v) is 16.1. The van der Waals surface area contributed by atoms with Crippen molar-refractivity contribution in [1.82, 2.24) is 14.4 Å². The highest BCUT2D eigenvalue weighted by molar-refractivity contribution is 7.14. The minimum atomic E-state index is 0.0694. The van der Waals surface area contributed by atoms with Gasteiger partial charge in [0.1, 0.15) is 17.1 Å². The molecule has 28 heavy (non-hydrogen) atoms. The molecule has 7 heteroatoms. The first-order chi connectivity index (χ1) is 13.7. The van der Waals surface area contributed by atoms with E-state index in [-0.39, 0.29) is 5.88 Å². The van der Waals surface area contributed by atoms with Crippen molar-refractivity contribution in [2.45, 2.75) is 6.42 Å². The number of hydrogen-bond donors (Lipinski definition) is 1. The van der Waals surface area contributed by atoms with Crippen LogP contribution in [0, 0.1) is 0 Å². The van der Waals surface area contributed by atoms with Crippen molar-refractivity contribution in [3.05, 3.63) is 82.8 Å². The summed E-state index contributed by atoms with van der Waals surface area (Å²) in [4.78, 5) is 10.3. The summed E-state index contributed by atoms with van der Waals surface area (Å²) in [7, 11) is 0. The summed E-state index contributed by atoms with van der Waals surface area (Å²) in [6.07, 6.45) is 3.79. The van der Waals surface area contributed by atoms with E-state index in [1.54, 1.807) is 16.9 Å². The van der Waals surface area contributed by atoms with Crippen molar-refractivity contribution >= 4 is 28.6 Å². The van der Waals surface area contributed by atoms with Gasteiger partial charge in [0.15, 0.2) is 5.65 Å². The summed E-state index contributed by atoms with van der Waals surface area (Å²) < 4.78 is 7.07. The average molecular weight is 408 g/mol. The van der Waals surface area contributed by atoms with Crippen LogP contribution < -0.4 is 0 Å². The summed E-state index contributed by atoms with van der Waals surface area (Å²) >= 11 is 7.88. The Labute approximate surface area is 169 Å². The van der Waals surface area contributed by atoms with E-state index in [0.29, 0.717) is 28.5 Å². The molecule has 1 N–H and O–H groups in total. The molecule has 4 heterocycles. The molecule has 5 rings (SSSR count). The van der Waals surface area contributed by atoms with Crippen molar-refractivity contribution in [2.24, 2.45) is 0 Å². The molecule has 138 valence electrons. The Hall–Kier alpha value is -3.09. The van der Waals surface area contributed by atoms with E-state index in [9.17, 15) is 5.11 Å². The number of benzene rings is 1. The first-order valence-corrected chi connectivity index (χ1v) is 9.88. The number of aromatic hydroxyl groups is 1. The Kier molecular flexibility index (Phi) is 4.15. The lowest BCUT2D eigenvalue weighted by molar-refractivity contribution is 0.438. The highest BCUT2D eigenvalue weighted by Gasteiger charge is 2.21. The first-order valence-electron chi connectivity index (χ1n) is 8.63. The predicted molar refractivity (Wildman–Crippen MR) is 110 cm³/mol. The molecule has 0 spiro atoms. The quantitative estimate of drug-likeness (QED) is 0.417. The minimum absolute atomic E-state index is 0.0694. The van der Waals surface area contributed by atoms with E-state index >= 15 is 0 Å². The second-order valence-corrected chi connectivity index (χ2v) is 7.59. The van der Waals surface area contributed by atoms with E-state index in [1.165, 1.54) is 11.3 Å². The maximum absolute atomic E-state index is 10.9. The lowest BCUT2D eigenvalue weighted by atomic mass is 10.1. The zero-order chi connectivity index (χ0) is 19.1. The number of thiophene rings is 1. The van der Waals surface area contributed by atoms with Crippen LogP contribution in [-0.2, 0) is 6.42 Å². The lowest BCUT2D eigenvalue weighted by Crippen LogP contribution is -1.95. The summed E-state index contributed by atoms with van der Waals surface area (Å²) in [5.41, 5.74) is 3.39. The number of furan rings is 1. The van der Waals surface area contributed by atoms with Crippen LogP contribution in [-0.4, -0.2) is 19.5 Å². The van der Waals surface area contributed by atoms with Gasteiger partial charge in [-0.2, -0.15) is 0 Å². The topological polar surface area (TPSA) is 63.6 Å². The third kappa shape index (κ3) is 2.87. The fraction of sp³-hybridized carbons (Fsp3) is 0.0476. The Morgan fingerprint density at radius 1 is 1.07 bits per heavy atom. The smallest absolute Gasteiger partial charge is 0.219 e. The van der Waals surface area contributed by atoms with Gasteiger partial charge in [-0.05, 0) is 23.6 Å².